The van der Waals surface area contributed by atoms with E-state index in [9.17, 15) is 0 Å². The van der Waals surface area contributed by atoms with Crippen LogP contribution in [0, 0.1) is 0 Å². The van der Waals surface area contributed by atoms with Crippen molar-refractivity contribution in [2.45, 2.75) is 0 Å². The number of hydrogen-bond donors (Lipinski definition) is 0. The van der Waals surface area contributed by atoms with Gasteiger partial charge in [0.25, 0.3) is 0 Å². The Labute approximate surface area is 373 Å². The molecule has 0 spiro atoms. The highest BCUT2D eigenvalue weighted by atomic mass is 15.1. The third-order valence-corrected chi connectivity index (χ3v) is 12.8. The number of hydrogen-bond acceptors (Lipinski definition) is 1. The fraction of sp³-hybridized carbons (Fsp3) is 0. The summed E-state index contributed by atoms with van der Waals surface area (Å²) >= 11 is 0. The molecule has 0 aliphatic heterocycles. The van der Waals surface area contributed by atoms with E-state index in [4.69, 9.17) is 0 Å². The number of para-hydroxylation sites is 2. The van der Waals surface area contributed by atoms with Crippen molar-refractivity contribution in [3.8, 4) is 50.2 Å². The summed E-state index contributed by atoms with van der Waals surface area (Å²) in [6, 6.07) is 92.6. The van der Waals surface area contributed by atoms with Crippen LogP contribution in [0.25, 0.3) is 93.5 Å². The molecule has 0 unspecified atom stereocenters. The van der Waals surface area contributed by atoms with Gasteiger partial charge in [-0.05, 0) is 127 Å². The Morgan fingerprint density at radius 3 is 1.41 bits per heavy atom. The van der Waals surface area contributed by atoms with Gasteiger partial charge in [0, 0.05) is 33.5 Å². The molecule has 1 heterocycles. The van der Waals surface area contributed by atoms with Gasteiger partial charge in [-0.25, -0.2) is 0 Å². The molecule has 0 bridgehead atoms. The molecule has 300 valence electrons. The number of aromatic nitrogens is 1. The number of nitrogens with zero attached hydrogens (tertiary/aromatic N) is 2. The van der Waals surface area contributed by atoms with Crippen molar-refractivity contribution in [2.24, 2.45) is 0 Å². The lowest BCUT2D eigenvalue weighted by atomic mass is 9.94. The molecule has 2 heteroatoms. The average molecular weight is 815 g/mol. The summed E-state index contributed by atoms with van der Waals surface area (Å²) in [7, 11) is 0. The molecule has 2 nitrogen and oxygen atoms in total. The lowest BCUT2D eigenvalue weighted by Crippen LogP contribution is -2.09. The number of fused-ring (bicyclic) bond motifs is 6. The van der Waals surface area contributed by atoms with Gasteiger partial charge in [-0.3, -0.25) is 0 Å². The quantitative estimate of drug-likeness (QED) is 0.139. The highest BCUT2D eigenvalue weighted by Gasteiger charge is 2.17. The molecule has 0 aliphatic carbocycles. The van der Waals surface area contributed by atoms with Crippen molar-refractivity contribution < 1.29 is 0 Å². The molecular weight excluding hydrogens is 773 g/mol. The van der Waals surface area contributed by atoms with Crippen LogP contribution >= 0.6 is 0 Å². The zero-order valence-electron chi connectivity index (χ0n) is 35.1. The lowest BCUT2D eigenvalue weighted by Gasteiger charge is -2.26. The second-order valence-electron chi connectivity index (χ2n) is 16.5. The summed E-state index contributed by atoms with van der Waals surface area (Å²) in [5.74, 6) is 0. The van der Waals surface area contributed by atoms with Gasteiger partial charge in [-0.1, -0.05) is 194 Å². The molecule has 0 saturated heterocycles. The van der Waals surface area contributed by atoms with Crippen molar-refractivity contribution in [3.63, 3.8) is 0 Å². The first-order valence-corrected chi connectivity index (χ1v) is 22.0. The molecule has 0 N–H and O–H groups in total. The predicted octanol–water partition coefficient (Wildman–Crippen LogP) is 17.2. The van der Waals surface area contributed by atoms with Crippen LogP contribution in [0.1, 0.15) is 0 Å². The fourth-order valence-corrected chi connectivity index (χ4v) is 9.73. The van der Waals surface area contributed by atoms with E-state index in [1.165, 1.54) is 87.9 Å². The fourth-order valence-electron chi connectivity index (χ4n) is 9.73. The van der Waals surface area contributed by atoms with Crippen LogP contribution in [-0.4, -0.2) is 4.57 Å². The zero-order valence-corrected chi connectivity index (χ0v) is 35.1. The van der Waals surface area contributed by atoms with E-state index in [2.05, 4.69) is 264 Å². The molecule has 0 amide bonds. The van der Waals surface area contributed by atoms with Crippen molar-refractivity contribution in [1.82, 2.24) is 4.57 Å². The van der Waals surface area contributed by atoms with E-state index in [1.54, 1.807) is 0 Å². The Bertz CT molecular complexity index is 3620. The first-order chi connectivity index (χ1) is 31.7. The molecular formula is C62H42N2. The second kappa shape index (κ2) is 15.8. The summed E-state index contributed by atoms with van der Waals surface area (Å²) in [4.78, 5) is 2.37. The van der Waals surface area contributed by atoms with Crippen LogP contribution in [-0.2, 0) is 0 Å². The molecule has 0 radical (unpaired) electrons. The van der Waals surface area contributed by atoms with Crippen LogP contribution in [0.5, 0.6) is 0 Å². The number of rotatable bonds is 8. The molecule has 12 rings (SSSR count). The average Bonchev–Trinajstić information content (AvgIpc) is 3.71. The molecule has 0 aliphatic rings. The normalized spacial score (nSPS) is 11.4. The Morgan fingerprint density at radius 1 is 0.250 bits per heavy atom. The Kier molecular flexibility index (Phi) is 9.20. The maximum Gasteiger partial charge on any atom is 0.0547 e. The highest BCUT2D eigenvalue weighted by Crippen LogP contribution is 2.41. The topological polar surface area (TPSA) is 8.17 Å². The Morgan fingerprint density at radius 2 is 0.719 bits per heavy atom. The Hall–Kier alpha value is -8.46. The van der Waals surface area contributed by atoms with Gasteiger partial charge in [0.15, 0.2) is 0 Å². The molecule has 0 atom stereocenters. The van der Waals surface area contributed by atoms with Gasteiger partial charge in [0.2, 0.25) is 0 Å². The predicted molar refractivity (Wildman–Crippen MR) is 272 cm³/mol. The standard InChI is InChI=1S/C62H42N2/c1-3-14-44(15-4-1)53-19-9-10-20-54(53)46-28-36-51(37-29-46)63(52-38-30-47(31-39-52)56-23-13-24-57-55-21-8-7-16-45(55)32-40-58(56)57)50-34-26-43(27-35-50)48-33-41-60-59-22-11-12-25-61(59)64(62(60)42-48)49-17-5-2-6-18-49/h1-42H. The maximum absolute atomic E-state index is 2.39. The van der Waals surface area contributed by atoms with Gasteiger partial charge >= 0.3 is 0 Å². The minimum absolute atomic E-state index is 1.09. The molecule has 0 fully saturated rings. The summed E-state index contributed by atoms with van der Waals surface area (Å²) < 4.78 is 2.39. The SMILES string of the molecule is c1ccc(-c2ccccc2-c2ccc(N(c3ccc(-c4ccc5c6ccccc6n(-c6ccccc6)c5c4)cc3)c3ccc(-c4cccc5c4ccc4ccccc45)cc3)cc2)cc1. The van der Waals surface area contributed by atoms with Crippen LogP contribution in [0.15, 0.2) is 255 Å². The van der Waals surface area contributed by atoms with Crippen LogP contribution in [0.4, 0.5) is 17.1 Å². The molecule has 64 heavy (non-hydrogen) atoms. The van der Waals surface area contributed by atoms with E-state index in [0.29, 0.717) is 0 Å². The summed E-state index contributed by atoms with van der Waals surface area (Å²) in [5.41, 5.74) is 16.4. The summed E-state index contributed by atoms with van der Waals surface area (Å²) in [6.45, 7) is 0. The third-order valence-electron chi connectivity index (χ3n) is 12.8. The highest BCUT2D eigenvalue weighted by molar-refractivity contribution is 6.12. The minimum atomic E-state index is 1.09. The minimum Gasteiger partial charge on any atom is -0.311 e. The monoisotopic (exact) mass is 814 g/mol. The van der Waals surface area contributed by atoms with Crippen molar-refractivity contribution in [3.05, 3.63) is 255 Å². The van der Waals surface area contributed by atoms with Gasteiger partial charge < -0.3 is 9.47 Å². The molecule has 0 saturated carbocycles. The van der Waals surface area contributed by atoms with Gasteiger partial charge in [0.1, 0.15) is 0 Å². The van der Waals surface area contributed by atoms with Crippen LogP contribution in [0.3, 0.4) is 0 Å². The molecule has 12 aromatic rings. The van der Waals surface area contributed by atoms with Crippen LogP contribution in [0.2, 0.25) is 0 Å². The first-order valence-electron chi connectivity index (χ1n) is 22.0. The van der Waals surface area contributed by atoms with E-state index in [0.717, 1.165) is 22.7 Å². The van der Waals surface area contributed by atoms with E-state index >= 15 is 0 Å². The second-order valence-corrected chi connectivity index (χ2v) is 16.5. The van der Waals surface area contributed by atoms with E-state index in [-0.39, 0.29) is 0 Å². The summed E-state index contributed by atoms with van der Waals surface area (Å²) in [6.07, 6.45) is 0. The van der Waals surface area contributed by atoms with E-state index in [1.807, 2.05) is 0 Å². The van der Waals surface area contributed by atoms with Gasteiger partial charge in [0.05, 0.1) is 11.0 Å². The van der Waals surface area contributed by atoms with Crippen molar-refractivity contribution in [1.29, 1.82) is 0 Å². The van der Waals surface area contributed by atoms with Gasteiger partial charge in [-0.2, -0.15) is 0 Å². The maximum atomic E-state index is 2.39. The smallest absolute Gasteiger partial charge is 0.0547 e. The summed E-state index contributed by atoms with van der Waals surface area (Å²) in [5, 5.41) is 7.58. The van der Waals surface area contributed by atoms with E-state index < -0.39 is 0 Å². The lowest BCUT2D eigenvalue weighted by molar-refractivity contribution is 1.18. The Balaban J connectivity index is 0.945. The zero-order chi connectivity index (χ0) is 42.4. The third kappa shape index (κ3) is 6.52. The van der Waals surface area contributed by atoms with Gasteiger partial charge in [-0.15, -0.1) is 0 Å². The number of anilines is 3. The first kappa shape index (κ1) is 37.3. The molecule has 1 aromatic heterocycles. The van der Waals surface area contributed by atoms with Crippen molar-refractivity contribution in [2.75, 3.05) is 4.90 Å². The largest absolute Gasteiger partial charge is 0.311 e. The van der Waals surface area contributed by atoms with Crippen molar-refractivity contribution >= 4 is 60.4 Å². The van der Waals surface area contributed by atoms with Crippen LogP contribution < -0.4 is 4.90 Å². The number of benzene rings is 11. The molecule has 11 aromatic carbocycles.